The van der Waals surface area contributed by atoms with Crippen LogP contribution in [0, 0.1) is 5.92 Å². The zero-order valence-corrected chi connectivity index (χ0v) is 8.07. The maximum atomic E-state index is 11.4. The molecule has 0 aromatic heterocycles. The van der Waals surface area contributed by atoms with Gasteiger partial charge in [0.05, 0.1) is 6.10 Å². The van der Waals surface area contributed by atoms with E-state index in [4.69, 9.17) is 5.73 Å². The smallest absolute Gasteiger partial charge is 0.223 e. The normalized spacial score (nSPS) is 29.0. The predicted molar refractivity (Wildman–Crippen MR) is 50.0 cm³/mol. The average Bonchev–Trinajstić information content (AvgIpc) is 2.10. The number of aliphatic hydroxyl groups excluding tert-OH is 1. The van der Waals surface area contributed by atoms with Gasteiger partial charge in [-0.25, -0.2) is 0 Å². The lowest BCUT2D eigenvalue weighted by Crippen LogP contribution is -2.45. The Hall–Kier alpha value is -0.610. The summed E-state index contributed by atoms with van der Waals surface area (Å²) in [6, 6.07) is 0. The van der Waals surface area contributed by atoms with Crippen molar-refractivity contribution < 1.29 is 9.90 Å². The average molecular weight is 186 g/mol. The fourth-order valence-electron chi connectivity index (χ4n) is 1.64. The molecular weight excluding hydrogens is 168 g/mol. The van der Waals surface area contributed by atoms with Gasteiger partial charge < -0.3 is 15.7 Å². The first-order chi connectivity index (χ1) is 6.15. The number of piperidine rings is 1. The van der Waals surface area contributed by atoms with E-state index in [-0.39, 0.29) is 17.9 Å². The van der Waals surface area contributed by atoms with Crippen LogP contribution in [-0.4, -0.2) is 41.7 Å². The maximum absolute atomic E-state index is 11.4. The Morgan fingerprint density at radius 3 is 2.92 bits per heavy atom. The third-order valence-corrected chi connectivity index (χ3v) is 2.57. The summed E-state index contributed by atoms with van der Waals surface area (Å²) >= 11 is 0. The van der Waals surface area contributed by atoms with E-state index in [1.54, 1.807) is 4.90 Å². The van der Waals surface area contributed by atoms with Crippen LogP contribution in [0.2, 0.25) is 0 Å². The highest BCUT2D eigenvalue weighted by molar-refractivity contribution is 5.76. The molecule has 1 amide bonds. The number of aliphatic hydroxyl groups is 1. The van der Waals surface area contributed by atoms with Gasteiger partial charge in [0.1, 0.15) is 0 Å². The predicted octanol–water partition coefficient (Wildman–Crippen LogP) is -0.435. The summed E-state index contributed by atoms with van der Waals surface area (Å²) in [6.07, 6.45) is 0.863. The van der Waals surface area contributed by atoms with Crippen LogP contribution in [0.3, 0.4) is 0 Å². The number of carbonyl (C=O) groups is 1. The molecule has 1 aliphatic rings. The van der Waals surface area contributed by atoms with E-state index in [0.717, 1.165) is 0 Å². The molecule has 0 unspecified atom stereocenters. The number of hydrogen-bond donors (Lipinski definition) is 2. The summed E-state index contributed by atoms with van der Waals surface area (Å²) in [5.74, 6) is 0.303. The number of nitrogens with two attached hydrogens (primary N) is 1. The Morgan fingerprint density at radius 1 is 1.69 bits per heavy atom. The zero-order chi connectivity index (χ0) is 9.84. The number of nitrogens with zero attached hydrogens (tertiary/aromatic N) is 1. The van der Waals surface area contributed by atoms with Crippen LogP contribution < -0.4 is 5.73 Å². The van der Waals surface area contributed by atoms with E-state index in [1.165, 1.54) is 0 Å². The molecule has 0 aliphatic carbocycles. The van der Waals surface area contributed by atoms with Crippen LogP contribution in [0.1, 0.15) is 19.8 Å². The molecule has 4 nitrogen and oxygen atoms in total. The highest BCUT2D eigenvalue weighted by atomic mass is 16.3. The first kappa shape index (κ1) is 10.5. The van der Waals surface area contributed by atoms with Crippen molar-refractivity contribution in [2.24, 2.45) is 11.7 Å². The van der Waals surface area contributed by atoms with Gasteiger partial charge in [-0.2, -0.15) is 0 Å². The van der Waals surface area contributed by atoms with Gasteiger partial charge in [-0.05, 0) is 12.3 Å². The second-order valence-corrected chi connectivity index (χ2v) is 3.71. The van der Waals surface area contributed by atoms with Crippen molar-refractivity contribution >= 4 is 5.91 Å². The number of hydrogen-bond acceptors (Lipinski definition) is 3. The molecule has 1 aliphatic heterocycles. The molecular formula is C9H18N2O2. The van der Waals surface area contributed by atoms with Crippen molar-refractivity contribution in [3.8, 4) is 0 Å². The zero-order valence-electron chi connectivity index (χ0n) is 8.07. The van der Waals surface area contributed by atoms with Gasteiger partial charge in [0.15, 0.2) is 0 Å². The SMILES string of the molecule is C[C@H]1CN(C(=O)CCN)CC[C@@H]1O. The summed E-state index contributed by atoms with van der Waals surface area (Å²) in [6.45, 7) is 3.71. The Morgan fingerprint density at radius 2 is 2.38 bits per heavy atom. The molecule has 1 rings (SSSR count). The van der Waals surface area contributed by atoms with Gasteiger partial charge in [-0.15, -0.1) is 0 Å². The number of likely N-dealkylation sites (tertiary alicyclic amines) is 1. The van der Waals surface area contributed by atoms with Crippen LogP contribution >= 0.6 is 0 Å². The standard InChI is InChI=1S/C9H18N2O2/c1-7-6-11(5-3-8(7)12)9(13)2-4-10/h7-8,12H,2-6,10H2,1H3/t7-,8-/m0/s1. The number of carbonyl (C=O) groups excluding carboxylic acids is 1. The van der Waals surface area contributed by atoms with Gasteiger partial charge in [0.2, 0.25) is 5.91 Å². The lowest BCUT2D eigenvalue weighted by molar-refractivity contribution is -0.134. The molecule has 4 heteroatoms. The Bertz CT molecular complexity index is 184. The third kappa shape index (κ3) is 2.67. The van der Waals surface area contributed by atoms with Crippen molar-refractivity contribution in [2.75, 3.05) is 19.6 Å². The van der Waals surface area contributed by atoms with Crippen LogP contribution in [0.15, 0.2) is 0 Å². The van der Waals surface area contributed by atoms with Crippen molar-refractivity contribution in [1.29, 1.82) is 0 Å². The van der Waals surface area contributed by atoms with Gasteiger partial charge in [0.25, 0.3) is 0 Å². The molecule has 0 aromatic rings. The molecule has 76 valence electrons. The van der Waals surface area contributed by atoms with Crippen molar-refractivity contribution in [3.63, 3.8) is 0 Å². The van der Waals surface area contributed by atoms with Crippen molar-refractivity contribution in [3.05, 3.63) is 0 Å². The summed E-state index contributed by atoms with van der Waals surface area (Å²) in [7, 11) is 0. The second-order valence-electron chi connectivity index (χ2n) is 3.71. The van der Waals surface area contributed by atoms with Gasteiger partial charge in [-0.3, -0.25) is 4.79 Å². The van der Waals surface area contributed by atoms with E-state index < -0.39 is 0 Å². The van der Waals surface area contributed by atoms with Crippen molar-refractivity contribution in [2.45, 2.75) is 25.9 Å². The Kier molecular flexibility index (Phi) is 3.69. The molecule has 2 atom stereocenters. The topological polar surface area (TPSA) is 66.6 Å². The lowest BCUT2D eigenvalue weighted by atomic mass is 9.96. The molecule has 13 heavy (non-hydrogen) atoms. The van der Waals surface area contributed by atoms with E-state index in [0.29, 0.717) is 32.5 Å². The van der Waals surface area contributed by atoms with E-state index in [9.17, 15) is 9.90 Å². The van der Waals surface area contributed by atoms with Crippen LogP contribution in [0.5, 0.6) is 0 Å². The third-order valence-electron chi connectivity index (χ3n) is 2.57. The summed E-state index contributed by atoms with van der Waals surface area (Å²) in [5, 5.41) is 9.44. The minimum Gasteiger partial charge on any atom is -0.393 e. The summed E-state index contributed by atoms with van der Waals surface area (Å²) < 4.78 is 0. The van der Waals surface area contributed by atoms with Crippen LogP contribution in [0.25, 0.3) is 0 Å². The summed E-state index contributed by atoms with van der Waals surface area (Å²) in [5.41, 5.74) is 5.30. The van der Waals surface area contributed by atoms with E-state index in [2.05, 4.69) is 0 Å². The second kappa shape index (κ2) is 4.58. The monoisotopic (exact) mass is 186 g/mol. The largest absolute Gasteiger partial charge is 0.393 e. The Labute approximate surface area is 78.7 Å². The first-order valence-electron chi connectivity index (χ1n) is 4.81. The highest BCUT2D eigenvalue weighted by Gasteiger charge is 2.26. The summed E-state index contributed by atoms with van der Waals surface area (Å²) in [4.78, 5) is 13.2. The molecule has 1 fully saturated rings. The lowest BCUT2D eigenvalue weighted by Gasteiger charge is -2.34. The fraction of sp³-hybridized carbons (Fsp3) is 0.889. The minimum atomic E-state index is -0.248. The fourth-order valence-corrected chi connectivity index (χ4v) is 1.64. The molecule has 3 N–H and O–H groups in total. The number of amides is 1. The van der Waals surface area contributed by atoms with E-state index in [1.807, 2.05) is 6.92 Å². The van der Waals surface area contributed by atoms with E-state index >= 15 is 0 Å². The molecule has 0 bridgehead atoms. The molecule has 1 heterocycles. The Balaban J connectivity index is 2.40. The number of rotatable bonds is 2. The maximum Gasteiger partial charge on any atom is 0.223 e. The first-order valence-corrected chi connectivity index (χ1v) is 4.81. The van der Waals surface area contributed by atoms with Gasteiger partial charge >= 0.3 is 0 Å². The molecule has 0 saturated carbocycles. The van der Waals surface area contributed by atoms with Crippen LogP contribution in [0.4, 0.5) is 0 Å². The molecule has 1 saturated heterocycles. The quantitative estimate of drug-likeness (QED) is 0.614. The molecule has 0 radical (unpaired) electrons. The van der Waals surface area contributed by atoms with Crippen LogP contribution in [-0.2, 0) is 4.79 Å². The minimum absolute atomic E-state index is 0.112. The van der Waals surface area contributed by atoms with Crippen molar-refractivity contribution in [1.82, 2.24) is 4.90 Å². The molecule has 0 spiro atoms. The van der Waals surface area contributed by atoms with Gasteiger partial charge in [-0.1, -0.05) is 6.92 Å². The van der Waals surface area contributed by atoms with Gasteiger partial charge in [0, 0.05) is 26.1 Å². The molecule has 0 aromatic carbocycles. The highest BCUT2D eigenvalue weighted by Crippen LogP contribution is 2.16.